The van der Waals surface area contributed by atoms with E-state index >= 15 is 0 Å². The molecule has 0 N–H and O–H groups in total. The fraction of sp³-hybridized carbons (Fsp3) is 0.357. The Morgan fingerprint density at radius 1 is 1.12 bits per heavy atom. The van der Waals surface area contributed by atoms with Gasteiger partial charge in [0.2, 0.25) is 0 Å². The van der Waals surface area contributed by atoms with Crippen molar-refractivity contribution in [2.45, 2.75) is 32.1 Å². The molecule has 1 fully saturated rings. The fourth-order valence-corrected chi connectivity index (χ4v) is 2.14. The highest BCUT2D eigenvalue weighted by atomic mass is 16.1. The summed E-state index contributed by atoms with van der Waals surface area (Å²) in [6, 6.07) is 7.87. The minimum atomic E-state index is -0.625. The molecule has 0 saturated heterocycles. The van der Waals surface area contributed by atoms with Crippen LogP contribution in [0.15, 0.2) is 24.3 Å². The smallest absolute Gasteiger partial charge is 0.144 e. The lowest BCUT2D eigenvalue weighted by atomic mass is 9.69. The van der Waals surface area contributed by atoms with Crippen molar-refractivity contribution in [3.05, 3.63) is 41.8 Å². The summed E-state index contributed by atoms with van der Waals surface area (Å²) in [4.78, 5) is 23.4. The van der Waals surface area contributed by atoms with Crippen LogP contribution >= 0.6 is 0 Å². The molecule has 1 aliphatic rings. The van der Waals surface area contributed by atoms with E-state index in [-0.39, 0.29) is 18.0 Å². The van der Waals surface area contributed by atoms with Gasteiger partial charge in [-0.25, -0.2) is 0 Å². The molecule has 0 amide bonds. The van der Waals surface area contributed by atoms with Gasteiger partial charge >= 0.3 is 0 Å². The van der Waals surface area contributed by atoms with Crippen molar-refractivity contribution in [2.75, 3.05) is 0 Å². The number of hydrogen-bond donors (Lipinski definition) is 0. The van der Waals surface area contributed by atoms with Gasteiger partial charge in [-0.1, -0.05) is 29.8 Å². The van der Waals surface area contributed by atoms with Crippen LogP contribution < -0.4 is 0 Å². The van der Waals surface area contributed by atoms with Gasteiger partial charge in [0, 0.05) is 19.3 Å². The van der Waals surface area contributed by atoms with Crippen LogP contribution in [0.3, 0.4) is 0 Å². The Hall–Kier alpha value is -1.44. The lowest BCUT2D eigenvalue weighted by Crippen LogP contribution is -2.39. The molecule has 1 aromatic rings. The summed E-state index contributed by atoms with van der Waals surface area (Å²) in [6.07, 6.45) is 2.07. The van der Waals surface area contributed by atoms with E-state index in [4.69, 9.17) is 0 Å². The molecule has 1 aromatic carbocycles. The third-order valence-electron chi connectivity index (χ3n) is 3.35. The van der Waals surface area contributed by atoms with E-state index in [2.05, 4.69) is 0 Å². The lowest BCUT2D eigenvalue weighted by Gasteiger charge is -2.31. The lowest BCUT2D eigenvalue weighted by molar-refractivity contribution is -0.131. The predicted molar refractivity (Wildman–Crippen MR) is 62.1 cm³/mol. The zero-order valence-electron chi connectivity index (χ0n) is 9.62. The molecule has 1 saturated carbocycles. The molecule has 1 radical (unpaired) electrons. The first kappa shape index (κ1) is 11.1. The molecule has 0 heterocycles. The zero-order valence-corrected chi connectivity index (χ0v) is 9.62. The Morgan fingerprint density at radius 3 is 2.38 bits per heavy atom. The van der Waals surface area contributed by atoms with Crippen LogP contribution in [0.25, 0.3) is 0 Å². The monoisotopic (exact) mass is 215 g/mol. The van der Waals surface area contributed by atoms with Crippen molar-refractivity contribution in [2.24, 2.45) is 0 Å². The highest BCUT2D eigenvalue weighted by molar-refractivity contribution is 6.05. The van der Waals surface area contributed by atoms with Crippen molar-refractivity contribution in [3.8, 4) is 0 Å². The van der Waals surface area contributed by atoms with Gasteiger partial charge in [-0.2, -0.15) is 0 Å². The van der Waals surface area contributed by atoms with Gasteiger partial charge in [-0.3, -0.25) is 9.59 Å². The van der Waals surface area contributed by atoms with E-state index < -0.39 is 5.41 Å². The average molecular weight is 215 g/mol. The van der Waals surface area contributed by atoms with Gasteiger partial charge in [0.15, 0.2) is 0 Å². The van der Waals surface area contributed by atoms with Crippen molar-refractivity contribution in [1.82, 2.24) is 0 Å². The number of hydrogen-bond acceptors (Lipinski definition) is 2. The Balaban J connectivity index is 2.39. The van der Waals surface area contributed by atoms with E-state index in [1.165, 1.54) is 6.42 Å². The highest BCUT2D eigenvalue weighted by Gasteiger charge is 2.40. The minimum Gasteiger partial charge on any atom is -0.299 e. The van der Waals surface area contributed by atoms with Crippen molar-refractivity contribution in [3.63, 3.8) is 0 Å². The third-order valence-corrected chi connectivity index (χ3v) is 3.35. The Kier molecular flexibility index (Phi) is 2.66. The Bertz CT molecular complexity index is 431. The molecular weight excluding hydrogens is 200 g/mol. The highest BCUT2D eigenvalue weighted by Crippen LogP contribution is 2.34. The first-order valence-electron chi connectivity index (χ1n) is 5.49. The van der Waals surface area contributed by atoms with Crippen LogP contribution in [0.5, 0.6) is 0 Å². The van der Waals surface area contributed by atoms with Crippen molar-refractivity contribution in [1.29, 1.82) is 0 Å². The molecule has 1 atom stereocenters. The molecule has 16 heavy (non-hydrogen) atoms. The number of Topliss-reactive ketones (excluding diaryl/α,β-unsaturated/α-hetero) is 2. The van der Waals surface area contributed by atoms with E-state index in [0.29, 0.717) is 6.42 Å². The fourth-order valence-electron chi connectivity index (χ4n) is 2.14. The quantitative estimate of drug-likeness (QED) is 0.720. The maximum Gasteiger partial charge on any atom is 0.144 e. The second kappa shape index (κ2) is 3.85. The van der Waals surface area contributed by atoms with Crippen LogP contribution in [0.1, 0.15) is 30.9 Å². The average Bonchev–Trinajstić information content (AvgIpc) is 2.25. The summed E-state index contributed by atoms with van der Waals surface area (Å²) in [6.45, 7) is 3.87. The summed E-state index contributed by atoms with van der Waals surface area (Å²) in [7, 11) is 0. The summed E-state index contributed by atoms with van der Waals surface area (Å²) in [5.41, 5.74) is 1.48. The Morgan fingerprint density at radius 2 is 1.75 bits per heavy atom. The maximum absolute atomic E-state index is 12.0. The van der Waals surface area contributed by atoms with E-state index in [9.17, 15) is 9.59 Å². The van der Waals surface area contributed by atoms with Gasteiger partial charge < -0.3 is 0 Å². The molecule has 0 bridgehead atoms. The van der Waals surface area contributed by atoms with E-state index in [0.717, 1.165) is 11.1 Å². The second-order valence-corrected chi connectivity index (χ2v) is 4.67. The number of aryl methyl sites for hydroxylation is 1. The molecule has 0 aromatic heterocycles. The summed E-state index contributed by atoms with van der Waals surface area (Å²) in [5, 5.41) is 0. The molecule has 2 rings (SSSR count). The van der Waals surface area contributed by atoms with Crippen LogP contribution in [0.2, 0.25) is 0 Å². The van der Waals surface area contributed by atoms with Crippen LogP contribution in [-0.4, -0.2) is 11.6 Å². The van der Waals surface area contributed by atoms with Crippen LogP contribution in [-0.2, 0) is 15.0 Å². The number of carbonyl (C=O) groups excluding carboxylic acids is 2. The number of carbonyl (C=O) groups is 2. The molecule has 1 aliphatic carbocycles. The summed E-state index contributed by atoms with van der Waals surface area (Å²) >= 11 is 0. The molecule has 1 unspecified atom stereocenters. The van der Waals surface area contributed by atoms with Crippen molar-refractivity contribution >= 4 is 11.6 Å². The van der Waals surface area contributed by atoms with E-state index in [1.807, 2.05) is 38.1 Å². The Labute approximate surface area is 95.7 Å². The maximum atomic E-state index is 12.0. The van der Waals surface area contributed by atoms with Crippen LogP contribution in [0.4, 0.5) is 0 Å². The second-order valence-electron chi connectivity index (χ2n) is 4.67. The number of ketones is 2. The minimum absolute atomic E-state index is 0.0719. The number of rotatable bonds is 1. The topological polar surface area (TPSA) is 34.1 Å². The van der Waals surface area contributed by atoms with E-state index in [1.54, 1.807) is 0 Å². The molecular formula is C14H15O2. The normalized spacial score (nSPS) is 25.9. The summed E-state index contributed by atoms with van der Waals surface area (Å²) in [5.74, 6) is 0.207. The van der Waals surface area contributed by atoms with Gasteiger partial charge in [-0.15, -0.1) is 0 Å². The van der Waals surface area contributed by atoms with Gasteiger partial charge in [0.1, 0.15) is 11.6 Å². The number of benzene rings is 1. The first-order chi connectivity index (χ1) is 7.52. The largest absolute Gasteiger partial charge is 0.299 e. The molecule has 2 nitrogen and oxygen atoms in total. The standard InChI is InChI=1S/C14H15O2/c1-10-3-5-11(6-4-10)14(2)9-12(15)7-8-13(14)16/h3-7H,8-9H2,1-2H3. The third kappa shape index (κ3) is 1.80. The van der Waals surface area contributed by atoms with Gasteiger partial charge in [-0.05, 0) is 19.4 Å². The van der Waals surface area contributed by atoms with Gasteiger partial charge in [0.05, 0.1) is 5.41 Å². The molecule has 0 spiro atoms. The SMILES string of the molecule is Cc1ccc(C2(C)CC(=O)[CH]CC2=O)cc1. The molecule has 83 valence electrons. The predicted octanol–water partition coefficient (Wildman–Crippen LogP) is 2.39. The molecule has 0 aliphatic heterocycles. The summed E-state index contributed by atoms with van der Waals surface area (Å²) < 4.78 is 0. The zero-order chi connectivity index (χ0) is 11.8. The van der Waals surface area contributed by atoms with Crippen molar-refractivity contribution < 1.29 is 9.59 Å². The van der Waals surface area contributed by atoms with Gasteiger partial charge in [0.25, 0.3) is 0 Å². The first-order valence-corrected chi connectivity index (χ1v) is 5.49. The molecule has 2 heteroatoms. The van der Waals surface area contributed by atoms with Crippen LogP contribution in [0, 0.1) is 13.3 Å².